The summed E-state index contributed by atoms with van der Waals surface area (Å²) in [7, 11) is 0. The summed E-state index contributed by atoms with van der Waals surface area (Å²) >= 11 is 4.67. The van der Waals surface area contributed by atoms with Crippen molar-refractivity contribution >= 4 is 38.6 Å². The van der Waals surface area contributed by atoms with Crippen LogP contribution in [-0.4, -0.2) is 4.98 Å². The number of thiazole rings is 1. The fraction of sp³-hybridized carbons (Fsp3) is 0.250. The van der Waals surface area contributed by atoms with E-state index in [9.17, 15) is 4.39 Å². The highest BCUT2D eigenvalue weighted by Gasteiger charge is 2.12. The van der Waals surface area contributed by atoms with Gasteiger partial charge in [0.05, 0.1) is 21.9 Å². The molecule has 0 bridgehead atoms. The molecule has 3 N–H and O–H groups in total. The normalized spacial score (nSPS) is 12.4. The first kappa shape index (κ1) is 13.3. The summed E-state index contributed by atoms with van der Waals surface area (Å²) in [6.07, 6.45) is 0. The molecule has 3 nitrogen and oxygen atoms in total. The van der Waals surface area contributed by atoms with E-state index in [0.717, 1.165) is 10.7 Å². The minimum Gasteiger partial charge on any atom is -0.397 e. The van der Waals surface area contributed by atoms with Gasteiger partial charge in [0.25, 0.3) is 0 Å². The Morgan fingerprint density at radius 2 is 2.22 bits per heavy atom. The van der Waals surface area contributed by atoms with Gasteiger partial charge in [-0.3, -0.25) is 0 Å². The van der Waals surface area contributed by atoms with Crippen LogP contribution in [0.2, 0.25) is 0 Å². The molecule has 0 fully saturated rings. The fourth-order valence-electron chi connectivity index (χ4n) is 1.55. The number of aryl methyl sites for hydroxylation is 1. The summed E-state index contributed by atoms with van der Waals surface area (Å²) in [4.78, 5) is 4.39. The van der Waals surface area contributed by atoms with Gasteiger partial charge in [0, 0.05) is 17.1 Å². The van der Waals surface area contributed by atoms with Gasteiger partial charge in [-0.1, -0.05) is 0 Å². The van der Waals surface area contributed by atoms with Gasteiger partial charge in [-0.15, -0.1) is 11.3 Å². The predicted molar refractivity (Wildman–Crippen MR) is 77.4 cm³/mol. The Morgan fingerprint density at radius 1 is 1.50 bits per heavy atom. The highest BCUT2D eigenvalue weighted by atomic mass is 79.9. The molecule has 0 radical (unpaired) electrons. The van der Waals surface area contributed by atoms with Crippen LogP contribution in [0.25, 0.3) is 0 Å². The average molecular weight is 330 g/mol. The van der Waals surface area contributed by atoms with Gasteiger partial charge in [0.1, 0.15) is 10.8 Å². The molecule has 0 aliphatic rings. The topological polar surface area (TPSA) is 50.9 Å². The summed E-state index contributed by atoms with van der Waals surface area (Å²) in [5.41, 5.74) is 7.91. The quantitative estimate of drug-likeness (QED) is 0.833. The van der Waals surface area contributed by atoms with E-state index in [0.29, 0.717) is 15.8 Å². The van der Waals surface area contributed by atoms with E-state index in [1.54, 1.807) is 17.4 Å². The molecular weight excluding hydrogens is 317 g/mol. The van der Waals surface area contributed by atoms with Gasteiger partial charge in [0.2, 0.25) is 0 Å². The third-order valence-corrected chi connectivity index (χ3v) is 4.22. The first-order chi connectivity index (χ1) is 8.47. The molecule has 6 heteroatoms. The number of benzene rings is 1. The molecule has 2 aromatic rings. The third-order valence-electron chi connectivity index (χ3n) is 2.47. The van der Waals surface area contributed by atoms with E-state index in [1.165, 1.54) is 6.07 Å². The Kier molecular flexibility index (Phi) is 3.87. The van der Waals surface area contributed by atoms with E-state index in [-0.39, 0.29) is 11.9 Å². The number of halogens is 2. The number of rotatable bonds is 3. The molecule has 1 heterocycles. The van der Waals surface area contributed by atoms with E-state index >= 15 is 0 Å². The van der Waals surface area contributed by atoms with Crippen LogP contribution in [0.4, 0.5) is 15.8 Å². The van der Waals surface area contributed by atoms with Crippen LogP contribution >= 0.6 is 27.3 Å². The van der Waals surface area contributed by atoms with Gasteiger partial charge < -0.3 is 11.1 Å². The maximum absolute atomic E-state index is 13.5. The lowest BCUT2D eigenvalue weighted by atomic mass is 10.2. The number of anilines is 2. The molecule has 2 rings (SSSR count). The van der Waals surface area contributed by atoms with Crippen LogP contribution < -0.4 is 11.1 Å². The standard InChI is InChI=1S/C12H13BrFN3S/c1-6-5-18-12(16-6)7(2)17-11-4-9(14)8(13)3-10(11)15/h3-5,7,17H,15H2,1-2H3. The Bertz CT molecular complexity index is 570. The maximum Gasteiger partial charge on any atom is 0.139 e. The number of nitrogens with zero attached hydrogens (tertiary/aromatic N) is 1. The highest BCUT2D eigenvalue weighted by Crippen LogP contribution is 2.30. The monoisotopic (exact) mass is 329 g/mol. The predicted octanol–water partition coefficient (Wildman–Crippen LogP) is 4.11. The van der Waals surface area contributed by atoms with Gasteiger partial charge in [-0.2, -0.15) is 0 Å². The molecule has 1 unspecified atom stereocenters. The molecule has 1 atom stereocenters. The third kappa shape index (κ3) is 2.81. The van der Waals surface area contributed by atoms with Gasteiger partial charge in [-0.05, 0) is 35.8 Å². The number of hydrogen-bond acceptors (Lipinski definition) is 4. The van der Waals surface area contributed by atoms with Crippen molar-refractivity contribution in [3.63, 3.8) is 0 Å². The minimum absolute atomic E-state index is 0.00780. The van der Waals surface area contributed by atoms with Crippen LogP contribution in [0.3, 0.4) is 0 Å². The van der Waals surface area contributed by atoms with Gasteiger partial charge in [0.15, 0.2) is 0 Å². The van der Waals surface area contributed by atoms with Gasteiger partial charge in [-0.25, -0.2) is 9.37 Å². The Balaban J connectivity index is 2.21. The lowest BCUT2D eigenvalue weighted by Crippen LogP contribution is -2.08. The first-order valence-electron chi connectivity index (χ1n) is 5.40. The zero-order valence-corrected chi connectivity index (χ0v) is 12.4. The van der Waals surface area contributed by atoms with Crippen molar-refractivity contribution in [1.29, 1.82) is 0 Å². The average Bonchev–Trinajstić information content (AvgIpc) is 2.73. The second kappa shape index (κ2) is 5.24. The van der Waals surface area contributed by atoms with Crippen LogP contribution in [0.5, 0.6) is 0 Å². The van der Waals surface area contributed by atoms with Crippen LogP contribution in [-0.2, 0) is 0 Å². The van der Waals surface area contributed by atoms with Crippen molar-refractivity contribution in [2.75, 3.05) is 11.1 Å². The van der Waals surface area contributed by atoms with Crippen molar-refractivity contribution in [3.8, 4) is 0 Å². The Labute approximate surface area is 117 Å². The molecule has 96 valence electrons. The number of hydrogen-bond donors (Lipinski definition) is 2. The molecule has 0 amide bonds. The van der Waals surface area contributed by atoms with E-state index in [2.05, 4.69) is 26.2 Å². The zero-order valence-electron chi connectivity index (χ0n) is 10.00. The summed E-state index contributed by atoms with van der Waals surface area (Å²) in [5.74, 6) is -0.339. The number of nitrogen functional groups attached to an aromatic ring is 1. The molecule has 1 aromatic heterocycles. The van der Waals surface area contributed by atoms with Crippen LogP contribution in [0.1, 0.15) is 23.7 Å². The lowest BCUT2D eigenvalue weighted by molar-refractivity contribution is 0.621. The molecule has 0 saturated heterocycles. The molecule has 0 saturated carbocycles. The first-order valence-corrected chi connectivity index (χ1v) is 7.07. The zero-order chi connectivity index (χ0) is 13.3. The highest BCUT2D eigenvalue weighted by molar-refractivity contribution is 9.10. The molecule has 0 aliphatic heterocycles. The largest absolute Gasteiger partial charge is 0.397 e. The van der Waals surface area contributed by atoms with Crippen LogP contribution in [0.15, 0.2) is 22.0 Å². The van der Waals surface area contributed by atoms with E-state index in [1.807, 2.05) is 19.2 Å². The fourth-order valence-corrected chi connectivity index (χ4v) is 2.72. The second-order valence-corrected chi connectivity index (χ2v) is 5.79. The summed E-state index contributed by atoms with van der Waals surface area (Å²) in [5, 5.41) is 6.11. The SMILES string of the molecule is Cc1csc(C(C)Nc2cc(F)c(Br)cc2N)n1. The van der Waals surface area contributed by atoms with Crippen molar-refractivity contribution in [1.82, 2.24) is 4.98 Å². The molecule has 0 aliphatic carbocycles. The molecular formula is C12H13BrFN3S. The van der Waals surface area contributed by atoms with Crippen LogP contribution in [0, 0.1) is 12.7 Å². The Morgan fingerprint density at radius 3 is 2.83 bits per heavy atom. The summed E-state index contributed by atoms with van der Waals surface area (Å²) < 4.78 is 13.8. The minimum atomic E-state index is -0.339. The number of aromatic nitrogens is 1. The van der Waals surface area contributed by atoms with E-state index < -0.39 is 0 Å². The number of nitrogens with one attached hydrogen (secondary N) is 1. The smallest absolute Gasteiger partial charge is 0.139 e. The molecule has 0 spiro atoms. The van der Waals surface area contributed by atoms with Crippen molar-refractivity contribution in [2.45, 2.75) is 19.9 Å². The van der Waals surface area contributed by atoms with Gasteiger partial charge >= 0.3 is 0 Å². The van der Waals surface area contributed by atoms with Crippen molar-refractivity contribution in [3.05, 3.63) is 38.5 Å². The Hall–Kier alpha value is -1.14. The molecule has 18 heavy (non-hydrogen) atoms. The van der Waals surface area contributed by atoms with Crippen molar-refractivity contribution in [2.24, 2.45) is 0 Å². The lowest BCUT2D eigenvalue weighted by Gasteiger charge is -2.15. The molecule has 1 aromatic carbocycles. The second-order valence-electron chi connectivity index (χ2n) is 4.05. The van der Waals surface area contributed by atoms with E-state index in [4.69, 9.17) is 5.73 Å². The summed E-state index contributed by atoms with van der Waals surface area (Å²) in [6.45, 7) is 3.91. The maximum atomic E-state index is 13.5. The van der Waals surface area contributed by atoms with Crippen molar-refractivity contribution < 1.29 is 4.39 Å². The number of nitrogens with two attached hydrogens (primary N) is 1. The summed E-state index contributed by atoms with van der Waals surface area (Å²) in [6, 6.07) is 2.93.